The summed E-state index contributed by atoms with van der Waals surface area (Å²) in [5, 5.41) is 2.68. The molecular formula is C9H16N2O2. The number of carbonyl (C=O) groups excluding carboxylic acids is 2. The molecule has 4 heteroatoms. The van der Waals surface area contributed by atoms with Gasteiger partial charge in [0.15, 0.2) is 0 Å². The number of rotatable bonds is 0. The van der Waals surface area contributed by atoms with E-state index in [9.17, 15) is 9.59 Å². The van der Waals surface area contributed by atoms with Gasteiger partial charge in [0.2, 0.25) is 11.8 Å². The van der Waals surface area contributed by atoms with Gasteiger partial charge in [-0.05, 0) is 12.8 Å². The van der Waals surface area contributed by atoms with E-state index in [0.29, 0.717) is 5.91 Å². The van der Waals surface area contributed by atoms with Crippen molar-refractivity contribution >= 4 is 11.8 Å². The van der Waals surface area contributed by atoms with Crippen molar-refractivity contribution in [3.8, 4) is 0 Å². The zero-order chi connectivity index (χ0) is 9.68. The highest BCUT2D eigenvalue weighted by atomic mass is 16.2. The molecule has 0 aromatic heterocycles. The van der Waals surface area contributed by atoms with Gasteiger partial charge in [0.25, 0.3) is 0 Å². The molecule has 2 rings (SSSR count). The fourth-order valence-corrected chi connectivity index (χ4v) is 1.35. The van der Waals surface area contributed by atoms with E-state index in [2.05, 4.69) is 5.32 Å². The van der Waals surface area contributed by atoms with Crippen LogP contribution in [0, 0.1) is 0 Å². The first-order valence-corrected chi connectivity index (χ1v) is 4.71. The van der Waals surface area contributed by atoms with Gasteiger partial charge in [-0.25, -0.2) is 0 Å². The van der Waals surface area contributed by atoms with E-state index in [1.165, 1.54) is 0 Å². The topological polar surface area (TPSA) is 49.4 Å². The lowest BCUT2D eigenvalue weighted by molar-refractivity contribution is -0.126. The van der Waals surface area contributed by atoms with Crippen molar-refractivity contribution in [3.63, 3.8) is 0 Å². The average molecular weight is 184 g/mol. The third-order valence-corrected chi connectivity index (χ3v) is 2.21. The summed E-state index contributed by atoms with van der Waals surface area (Å²) in [5.41, 5.74) is 0. The Morgan fingerprint density at radius 1 is 1.23 bits per heavy atom. The Morgan fingerprint density at radius 3 is 2.15 bits per heavy atom. The third-order valence-electron chi connectivity index (χ3n) is 2.21. The van der Waals surface area contributed by atoms with Gasteiger partial charge < -0.3 is 10.2 Å². The van der Waals surface area contributed by atoms with Crippen LogP contribution in [-0.4, -0.2) is 36.9 Å². The van der Waals surface area contributed by atoms with Crippen LogP contribution < -0.4 is 5.32 Å². The number of nitrogens with zero attached hydrogens (tertiary/aromatic N) is 1. The number of nitrogens with one attached hydrogen (secondary N) is 1. The Labute approximate surface area is 78.3 Å². The molecule has 2 fully saturated rings. The molecule has 0 saturated carbocycles. The van der Waals surface area contributed by atoms with Crippen LogP contribution in [0.25, 0.3) is 0 Å². The van der Waals surface area contributed by atoms with Gasteiger partial charge >= 0.3 is 0 Å². The lowest BCUT2D eigenvalue weighted by Crippen LogP contribution is -2.17. The molecule has 13 heavy (non-hydrogen) atoms. The predicted molar refractivity (Wildman–Crippen MR) is 49.1 cm³/mol. The third kappa shape index (κ3) is 3.44. The second-order valence-electron chi connectivity index (χ2n) is 3.37. The minimum Gasteiger partial charge on any atom is -0.356 e. The molecule has 0 spiro atoms. The molecular weight excluding hydrogens is 168 g/mol. The molecule has 0 aliphatic carbocycles. The van der Waals surface area contributed by atoms with Crippen molar-refractivity contribution in [2.45, 2.75) is 25.7 Å². The van der Waals surface area contributed by atoms with Gasteiger partial charge in [0.05, 0.1) is 0 Å². The van der Waals surface area contributed by atoms with Crippen LogP contribution in [0.3, 0.4) is 0 Å². The average Bonchev–Trinajstić information content (AvgIpc) is 2.67. The summed E-state index contributed by atoms with van der Waals surface area (Å²) in [6, 6.07) is 0. The van der Waals surface area contributed by atoms with E-state index in [1.807, 2.05) is 7.05 Å². The second kappa shape index (κ2) is 4.84. The SMILES string of the molecule is CN1CCCC1=O.O=C1CCCN1. The highest BCUT2D eigenvalue weighted by molar-refractivity contribution is 5.77. The molecule has 2 heterocycles. The van der Waals surface area contributed by atoms with Crippen LogP contribution in [0.5, 0.6) is 0 Å². The molecule has 0 atom stereocenters. The summed E-state index contributed by atoms with van der Waals surface area (Å²) in [4.78, 5) is 22.4. The van der Waals surface area contributed by atoms with E-state index in [1.54, 1.807) is 4.90 Å². The molecule has 2 aliphatic rings. The number of likely N-dealkylation sites (tertiary alicyclic amines) is 1. The zero-order valence-corrected chi connectivity index (χ0v) is 8.01. The van der Waals surface area contributed by atoms with Crippen LogP contribution in [-0.2, 0) is 9.59 Å². The first-order chi connectivity index (χ1) is 6.20. The standard InChI is InChI=1S/C5H9NO.C4H7NO/c1-6-4-2-3-5(6)7;6-4-2-1-3-5-4/h2-4H2,1H3;1-3H2,(H,5,6). The maximum absolute atomic E-state index is 10.5. The fourth-order valence-electron chi connectivity index (χ4n) is 1.35. The number of carbonyl (C=O) groups is 2. The maximum Gasteiger partial charge on any atom is 0.222 e. The van der Waals surface area contributed by atoms with Gasteiger partial charge in [0.1, 0.15) is 0 Å². The molecule has 2 aliphatic heterocycles. The van der Waals surface area contributed by atoms with Crippen molar-refractivity contribution in [2.75, 3.05) is 20.1 Å². The molecule has 2 amide bonds. The van der Waals surface area contributed by atoms with Crippen LogP contribution in [0.1, 0.15) is 25.7 Å². The van der Waals surface area contributed by atoms with E-state index < -0.39 is 0 Å². The predicted octanol–water partition coefficient (Wildman–Crippen LogP) is 0.135. The number of hydrogen-bond donors (Lipinski definition) is 1. The van der Waals surface area contributed by atoms with Gasteiger partial charge in [-0.2, -0.15) is 0 Å². The van der Waals surface area contributed by atoms with Crippen LogP contribution in [0.2, 0.25) is 0 Å². The number of amides is 2. The lowest BCUT2D eigenvalue weighted by Gasteiger charge is -2.03. The number of hydrogen-bond acceptors (Lipinski definition) is 2. The van der Waals surface area contributed by atoms with Crippen LogP contribution in [0.15, 0.2) is 0 Å². The minimum atomic E-state index is 0.204. The van der Waals surface area contributed by atoms with Gasteiger partial charge in [-0.1, -0.05) is 0 Å². The summed E-state index contributed by atoms with van der Waals surface area (Å²) in [7, 11) is 1.84. The Balaban J connectivity index is 0.000000132. The van der Waals surface area contributed by atoms with Crippen LogP contribution >= 0.6 is 0 Å². The normalized spacial score (nSPS) is 21.2. The zero-order valence-electron chi connectivity index (χ0n) is 8.01. The summed E-state index contributed by atoms with van der Waals surface area (Å²) in [6.45, 7) is 1.84. The maximum atomic E-state index is 10.5. The Morgan fingerprint density at radius 2 is 2.00 bits per heavy atom. The summed E-state index contributed by atoms with van der Waals surface area (Å²) >= 11 is 0. The van der Waals surface area contributed by atoms with E-state index in [-0.39, 0.29) is 5.91 Å². The van der Waals surface area contributed by atoms with Gasteiger partial charge in [0, 0.05) is 33.0 Å². The first-order valence-electron chi connectivity index (χ1n) is 4.71. The van der Waals surface area contributed by atoms with Crippen molar-refractivity contribution in [1.82, 2.24) is 10.2 Å². The molecule has 2 saturated heterocycles. The molecule has 74 valence electrons. The van der Waals surface area contributed by atoms with Crippen molar-refractivity contribution in [1.29, 1.82) is 0 Å². The van der Waals surface area contributed by atoms with E-state index in [0.717, 1.165) is 38.8 Å². The van der Waals surface area contributed by atoms with Gasteiger partial charge in [-0.15, -0.1) is 0 Å². The monoisotopic (exact) mass is 184 g/mol. The summed E-state index contributed by atoms with van der Waals surface area (Å²) in [6.07, 6.45) is 3.57. The van der Waals surface area contributed by atoms with E-state index >= 15 is 0 Å². The van der Waals surface area contributed by atoms with Crippen molar-refractivity contribution in [3.05, 3.63) is 0 Å². The quantitative estimate of drug-likeness (QED) is 0.582. The summed E-state index contributed by atoms with van der Waals surface area (Å²) in [5.74, 6) is 0.495. The largest absolute Gasteiger partial charge is 0.356 e. The Bertz CT molecular complexity index is 196. The molecule has 0 bridgehead atoms. The smallest absolute Gasteiger partial charge is 0.222 e. The Hall–Kier alpha value is -1.06. The second-order valence-corrected chi connectivity index (χ2v) is 3.37. The molecule has 1 N–H and O–H groups in total. The highest BCUT2D eigenvalue weighted by Crippen LogP contribution is 2.04. The highest BCUT2D eigenvalue weighted by Gasteiger charge is 2.14. The fraction of sp³-hybridized carbons (Fsp3) is 0.778. The van der Waals surface area contributed by atoms with Crippen molar-refractivity contribution < 1.29 is 9.59 Å². The Kier molecular flexibility index (Phi) is 3.73. The van der Waals surface area contributed by atoms with Crippen LogP contribution in [0.4, 0.5) is 0 Å². The molecule has 0 aromatic rings. The molecule has 4 nitrogen and oxygen atoms in total. The van der Waals surface area contributed by atoms with E-state index in [4.69, 9.17) is 0 Å². The molecule has 0 aromatic carbocycles. The molecule has 0 radical (unpaired) electrons. The summed E-state index contributed by atoms with van der Waals surface area (Å²) < 4.78 is 0. The minimum absolute atomic E-state index is 0.204. The van der Waals surface area contributed by atoms with Crippen molar-refractivity contribution in [2.24, 2.45) is 0 Å². The molecule has 0 unspecified atom stereocenters. The lowest BCUT2D eigenvalue weighted by atomic mass is 10.4. The first kappa shape index (κ1) is 10.0. The van der Waals surface area contributed by atoms with Gasteiger partial charge in [-0.3, -0.25) is 9.59 Å².